The Morgan fingerprint density at radius 3 is 2.43 bits per heavy atom. The maximum absolute atomic E-state index is 12.4. The molecule has 0 aliphatic rings. The minimum atomic E-state index is -4.34. The van der Waals surface area contributed by atoms with Crippen LogP contribution in [0.25, 0.3) is 0 Å². The molecule has 2 N–H and O–H groups in total. The number of ether oxygens (including phenoxy) is 1. The summed E-state index contributed by atoms with van der Waals surface area (Å²) in [6, 6.07) is 4.54. The molecule has 0 radical (unpaired) electrons. The van der Waals surface area contributed by atoms with Crippen molar-refractivity contribution >= 4 is 29.9 Å². The summed E-state index contributed by atoms with van der Waals surface area (Å²) in [5, 5.41) is 5.92. The van der Waals surface area contributed by atoms with Gasteiger partial charge in [-0.25, -0.2) is 4.99 Å². The Hall–Kier alpha value is -1.63. The Bertz CT molecular complexity index is 524. The van der Waals surface area contributed by atoms with Crippen LogP contribution in [0.4, 0.5) is 13.2 Å². The topological polar surface area (TPSA) is 45.7 Å². The third kappa shape index (κ3) is 8.54. The Labute approximate surface area is 150 Å². The highest BCUT2D eigenvalue weighted by Gasteiger charge is 2.29. The van der Waals surface area contributed by atoms with E-state index in [9.17, 15) is 13.2 Å². The van der Waals surface area contributed by atoms with E-state index >= 15 is 0 Å². The minimum Gasteiger partial charge on any atom is -0.492 e. The Morgan fingerprint density at radius 1 is 1.26 bits per heavy atom. The summed E-state index contributed by atoms with van der Waals surface area (Å²) in [4.78, 5) is 4.22. The molecule has 0 saturated carbocycles. The molecule has 8 heteroatoms. The van der Waals surface area contributed by atoms with E-state index in [1.165, 1.54) is 12.1 Å². The number of guanidine groups is 1. The summed E-state index contributed by atoms with van der Waals surface area (Å²) in [6.45, 7) is 3.56. The van der Waals surface area contributed by atoms with Crippen LogP contribution in [0.2, 0.25) is 0 Å². The number of aliphatic imine (C=N–C) groups is 1. The van der Waals surface area contributed by atoms with Crippen molar-refractivity contribution in [1.82, 2.24) is 10.6 Å². The van der Waals surface area contributed by atoms with Crippen LogP contribution in [-0.4, -0.2) is 32.2 Å². The van der Waals surface area contributed by atoms with Crippen molar-refractivity contribution in [3.8, 4) is 18.1 Å². The number of rotatable bonds is 6. The third-order valence-electron chi connectivity index (χ3n) is 2.51. The average Bonchev–Trinajstić information content (AvgIpc) is 2.48. The van der Waals surface area contributed by atoms with Crippen LogP contribution in [0, 0.1) is 12.3 Å². The van der Waals surface area contributed by atoms with Gasteiger partial charge in [0.2, 0.25) is 0 Å². The molecule has 0 atom stereocenters. The largest absolute Gasteiger partial charge is 0.492 e. The van der Waals surface area contributed by atoms with Gasteiger partial charge < -0.3 is 15.4 Å². The summed E-state index contributed by atoms with van der Waals surface area (Å²) in [5.41, 5.74) is -0.703. The summed E-state index contributed by atoms with van der Waals surface area (Å²) >= 11 is 0. The minimum absolute atomic E-state index is 0. The van der Waals surface area contributed by atoms with Crippen molar-refractivity contribution in [2.45, 2.75) is 13.1 Å². The van der Waals surface area contributed by atoms with Crippen molar-refractivity contribution < 1.29 is 17.9 Å². The normalized spacial score (nSPS) is 11.2. The second kappa shape index (κ2) is 11.0. The first-order valence-electron chi connectivity index (χ1n) is 6.73. The van der Waals surface area contributed by atoms with Gasteiger partial charge in [-0.15, -0.1) is 30.4 Å². The zero-order valence-corrected chi connectivity index (χ0v) is 14.9. The highest BCUT2D eigenvalue weighted by atomic mass is 127. The van der Waals surface area contributed by atoms with Crippen LogP contribution in [0.3, 0.4) is 0 Å². The van der Waals surface area contributed by atoms with E-state index < -0.39 is 11.7 Å². The van der Waals surface area contributed by atoms with Gasteiger partial charge in [-0.2, -0.15) is 13.2 Å². The lowest BCUT2D eigenvalue weighted by Gasteiger charge is -2.10. The van der Waals surface area contributed by atoms with Crippen LogP contribution in [0.1, 0.15) is 12.5 Å². The second-order valence-corrected chi connectivity index (χ2v) is 4.19. The van der Waals surface area contributed by atoms with Gasteiger partial charge in [0, 0.05) is 6.54 Å². The SMILES string of the molecule is C#CCNC(=NCCOc1ccc(C(F)(F)F)cc1)NCC.I. The van der Waals surface area contributed by atoms with Crippen molar-refractivity contribution in [2.24, 2.45) is 4.99 Å². The predicted octanol–water partition coefficient (Wildman–Crippen LogP) is 2.89. The highest BCUT2D eigenvalue weighted by molar-refractivity contribution is 14.0. The molecule has 0 unspecified atom stereocenters. The number of halogens is 4. The lowest BCUT2D eigenvalue weighted by atomic mass is 10.2. The standard InChI is InChI=1S/C15H18F3N3O.HI/c1-3-9-20-14(19-4-2)21-10-11-22-13-7-5-12(6-8-13)15(16,17)18;/h1,5-8H,4,9-11H2,2H3,(H2,19,20,21);1H. The molecule has 0 aromatic heterocycles. The highest BCUT2D eigenvalue weighted by Crippen LogP contribution is 2.30. The number of hydrogen-bond donors (Lipinski definition) is 2. The molecule has 1 aromatic carbocycles. The van der Waals surface area contributed by atoms with Crippen LogP contribution in [-0.2, 0) is 6.18 Å². The summed E-state index contributed by atoms with van der Waals surface area (Å²) in [5.74, 6) is 3.37. The quantitative estimate of drug-likeness (QED) is 0.235. The maximum Gasteiger partial charge on any atom is 0.416 e. The lowest BCUT2D eigenvalue weighted by Crippen LogP contribution is -2.37. The first kappa shape index (κ1) is 21.4. The van der Waals surface area contributed by atoms with Crippen molar-refractivity contribution in [3.63, 3.8) is 0 Å². The van der Waals surface area contributed by atoms with Crippen LogP contribution >= 0.6 is 24.0 Å². The van der Waals surface area contributed by atoms with Gasteiger partial charge in [-0.3, -0.25) is 0 Å². The van der Waals surface area contributed by atoms with Crippen LogP contribution in [0.5, 0.6) is 5.75 Å². The first-order chi connectivity index (χ1) is 10.5. The average molecular weight is 441 g/mol. The molecule has 0 saturated heterocycles. The fraction of sp³-hybridized carbons (Fsp3) is 0.400. The number of nitrogens with zero attached hydrogens (tertiary/aromatic N) is 1. The number of nitrogens with one attached hydrogen (secondary N) is 2. The van der Waals surface area contributed by atoms with Crippen LogP contribution < -0.4 is 15.4 Å². The van der Waals surface area contributed by atoms with Gasteiger partial charge >= 0.3 is 6.18 Å². The number of terminal acetylenes is 1. The molecule has 4 nitrogen and oxygen atoms in total. The number of alkyl halides is 3. The molecular formula is C15H19F3IN3O. The summed E-state index contributed by atoms with van der Waals surface area (Å²) in [7, 11) is 0. The molecular weight excluding hydrogens is 422 g/mol. The molecule has 1 aromatic rings. The predicted molar refractivity (Wildman–Crippen MR) is 95.2 cm³/mol. The smallest absolute Gasteiger partial charge is 0.416 e. The molecule has 128 valence electrons. The third-order valence-corrected chi connectivity index (χ3v) is 2.51. The van der Waals surface area contributed by atoms with E-state index in [0.717, 1.165) is 12.1 Å². The molecule has 0 spiro atoms. The van der Waals surface area contributed by atoms with Crippen molar-refractivity contribution in [3.05, 3.63) is 29.8 Å². The van der Waals surface area contributed by atoms with Crippen LogP contribution in [0.15, 0.2) is 29.3 Å². The molecule has 0 aliphatic carbocycles. The fourth-order valence-corrected chi connectivity index (χ4v) is 1.54. The molecule has 0 heterocycles. The van der Waals surface area contributed by atoms with Gasteiger partial charge in [0.1, 0.15) is 12.4 Å². The summed E-state index contributed by atoms with van der Waals surface area (Å²) < 4.78 is 42.5. The number of hydrogen-bond acceptors (Lipinski definition) is 2. The van der Waals surface area contributed by atoms with E-state index in [4.69, 9.17) is 11.2 Å². The second-order valence-electron chi connectivity index (χ2n) is 4.19. The Morgan fingerprint density at radius 2 is 1.91 bits per heavy atom. The van der Waals surface area contributed by atoms with E-state index in [1.54, 1.807) is 0 Å². The van der Waals surface area contributed by atoms with Gasteiger partial charge in [0.05, 0.1) is 18.7 Å². The van der Waals surface area contributed by atoms with Gasteiger partial charge in [-0.05, 0) is 31.2 Å². The van der Waals surface area contributed by atoms with E-state index in [1.807, 2.05) is 6.92 Å². The summed E-state index contributed by atoms with van der Waals surface area (Å²) in [6.07, 6.45) is 0.805. The molecule has 23 heavy (non-hydrogen) atoms. The van der Waals surface area contributed by atoms with E-state index in [0.29, 0.717) is 31.3 Å². The molecule has 0 fully saturated rings. The van der Waals surface area contributed by atoms with Gasteiger partial charge in [0.15, 0.2) is 5.96 Å². The number of benzene rings is 1. The fourth-order valence-electron chi connectivity index (χ4n) is 1.54. The molecule has 0 amide bonds. The molecule has 0 aliphatic heterocycles. The lowest BCUT2D eigenvalue weighted by molar-refractivity contribution is -0.137. The first-order valence-corrected chi connectivity index (χ1v) is 6.73. The molecule has 0 bridgehead atoms. The zero-order valence-electron chi connectivity index (χ0n) is 12.6. The Kier molecular flexibility index (Phi) is 10.2. The van der Waals surface area contributed by atoms with Gasteiger partial charge in [0.25, 0.3) is 0 Å². The van der Waals surface area contributed by atoms with E-state index in [-0.39, 0.29) is 30.6 Å². The zero-order chi connectivity index (χ0) is 16.4. The maximum atomic E-state index is 12.4. The van der Waals surface area contributed by atoms with E-state index in [2.05, 4.69) is 21.5 Å². The monoisotopic (exact) mass is 441 g/mol. The van der Waals surface area contributed by atoms with Crippen molar-refractivity contribution in [2.75, 3.05) is 26.2 Å². The Balaban J connectivity index is 0.00000484. The van der Waals surface area contributed by atoms with Crippen molar-refractivity contribution in [1.29, 1.82) is 0 Å². The van der Waals surface area contributed by atoms with Gasteiger partial charge in [-0.1, -0.05) is 5.92 Å². The molecule has 1 rings (SSSR count).